The van der Waals surface area contributed by atoms with Gasteiger partial charge in [0.25, 0.3) is 0 Å². The van der Waals surface area contributed by atoms with Gasteiger partial charge in [-0.3, -0.25) is 5.32 Å². The lowest BCUT2D eigenvalue weighted by atomic mass is 10.1. The minimum absolute atomic E-state index is 0.268. The number of rotatable bonds is 16. The van der Waals surface area contributed by atoms with Crippen LogP contribution in [-0.2, 0) is 4.74 Å². The number of nitrogens with one attached hydrogen (secondary N) is 1. The zero-order valence-electron chi connectivity index (χ0n) is 14.1. The van der Waals surface area contributed by atoms with Gasteiger partial charge in [0.05, 0.1) is 6.61 Å². The van der Waals surface area contributed by atoms with Gasteiger partial charge in [0, 0.05) is 6.61 Å². The summed E-state index contributed by atoms with van der Waals surface area (Å²) in [7, 11) is 0. The quantitative estimate of drug-likeness (QED) is 0.303. The highest BCUT2D eigenvalue weighted by Crippen LogP contribution is 2.10. The molecule has 2 atom stereocenters. The molecule has 2 unspecified atom stereocenters. The maximum atomic E-state index is 9.57. The van der Waals surface area contributed by atoms with Crippen LogP contribution in [0.2, 0.25) is 0 Å². The van der Waals surface area contributed by atoms with E-state index in [2.05, 4.69) is 12.2 Å². The molecule has 0 aliphatic heterocycles. The summed E-state index contributed by atoms with van der Waals surface area (Å²) in [4.78, 5) is 0. The van der Waals surface area contributed by atoms with Crippen molar-refractivity contribution in [2.75, 3.05) is 19.8 Å². The topological polar surface area (TPSA) is 61.7 Å². The Morgan fingerprint density at radius 3 is 1.86 bits per heavy atom. The predicted molar refractivity (Wildman–Crippen MR) is 88.4 cm³/mol. The van der Waals surface area contributed by atoms with Crippen LogP contribution in [0.3, 0.4) is 0 Å². The number of ether oxygens (including phenoxy) is 1. The molecule has 0 aliphatic rings. The van der Waals surface area contributed by atoms with E-state index in [1.54, 1.807) is 0 Å². The van der Waals surface area contributed by atoms with Crippen LogP contribution in [0.1, 0.15) is 78.1 Å². The Morgan fingerprint density at radius 1 is 0.857 bits per heavy atom. The largest absolute Gasteiger partial charge is 0.394 e. The van der Waals surface area contributed by atoms with Crippen LogP contribution >= 0.6 is 0 Å². The highest BCUT2D eigenvalue weighted by Gasteiger charge is 2.17. The second-order valence-corrected chi connectivity index (χ2v) is 5.76. The van der Waals surface area contributed by atoms with E-state index in [-0.39, 0.29) is 6.61 Å². The van der Waals surface area contributed by atoms with E-state index in [4.69, 9.17) is 9.84 Å². The first-order valence-electron chi connectivity index (χ1n) is 8.90. The van der Waals surface area contributed by atoms with Crippen LogP contribution in [0, 0.1) is 0 Å². The van der Waals surface area contributed by atoms with Crippen LogP contribution < -0.4 is 5.32 Å². The normalized spacial score (nSPS) is 14.3. The molecule has 0 radical (unpaired) electrons. The van der Waals surface area contributed by atoms with E-state index in [0.717, 1.165) is 13.0 Å². The minimum atomic E-state index is -0.840. The van der Waals surface area contributed by atoms with Gasteiger partial charge >= 0.3 is 0 Å². The van der Waals surface area contributed by atoms with Gasteiger partial charge < -0.3 is 14.9 Å². The lowest BCUT2D eigenvalue weighted by Gasteiger charge is -2.22. The van der Waals surface area contributed by atoms with Crippen molar-refractivity contribution >= 4 is 0 Å². The maximum absolute atomic E-state index is 9.57. The molecule has 0 aliphatic carbocycles. The molecule has 4 heteroatoms. The van der Waals surface area contributed by atoms with Crippen molar-refractivity contribution in [3.63, 3.8) is 0 Å². The summed E-state index contributed by atoms with van der Waals surface area (Å²) in [5.41, 5.74) is 0. The van der Waals surface area contributed by atoms with Gasteiger partial charge in [0.15, 0.2) is 0 Å². The molecular weight excluding hydrogens is 266 g/mol. The van der Waals surface area contributed by atoms with Gasteiger partial charge in [0.1, 0.15) is 12.3 Å². The molecule has 0 aromatic heterocycles. The summed E-state index contributed by atoms with van der Waals surface area (Å²) < 4.78 is 5.37. The van der Waals surface area contributed by atoms with E-state index in [9.17, 15) is 5.11 Å². The average Bonchev–Trinajstić information content (AvgIpc) is 2.50. The van der Waals surface area contributed by atoms with Gasteiger partial charge in [-0.25, -0.2) is 0 Å². The molecule has 0 aromatic carbocycles. The van der Waals surface area contributed by atoms with Crippen LogP contribution in [0.5, 0.6) is 0 Å². The number of hydrogen-bond donors (Lipinski definition) is 3. The third-order valence-electron chi connectivity index (χ3n) is 3.76. The van der Waals surface area contributed by atoms with Crippen molar-refractivity contribution in [3.05, 3.63) is 0 Å². The molecule has 0 saturated heterocycles. The molecule has 21 heavy (non-hydrogen) atoms. The van der Waals surface area contributed by atoms with Crippen LogP contribution in [-0.4, -0.2) is 42.3 Å². The lowest BCUT2D eigenvalue weighted by molar-refractivity contribution is -0.0701. The smallest absolute Gasteiger partial charge is 0.136 e. The Hall–Kier alpha value is -0.160. The summed E-state index contributed by atoms with van der Waals surface area (Å²) in [6.07, 6.45) is 11.9. The van der Waals surface area contributed by atoms with Crippen LogP contribution in [0.15, 0.2) is 0 Å². The fourth-order valence-electron chi connectivity index (χ4n) is 2.44. The Kier molecular flexibility index (Phi) is 16.1. The number of aliphatic hydroxyl groups is 2. The Morgan fingerprint density at radius 2 is 1.38 bits per heavy atom. The van der Waals surface area contributed by atoms with E-state index in [1.165, 1.54) is 57.8 Å². The summed E-state index contributed by atoms with van der Waals surface area (Å²) in [6.45, 7) is 5.24. The molecule has 0 aromatic rings. The lowest BCUT2D eigenvalue weighted by Crippen LogP contribution is -2.44. The zero-order valence-corrected chi connectivity index (χ0v) is 14.1. The molecule has 4 nitrogen and oxygen atoms in total. The first-order chi connectivity index (χ1) is 10.3. The van der Waals surface area contributed by atoms with Crippen LogP contribution in [0.4, 0.5) is 0 Å². The van der Waals surface area contributed by atoms with Crippen LogP contribution in [0.25, 0.3) is 0 Å². The van der Waals surface area contributed by atoms with E-state index in [0.29, 0.717) is 6.61 Å². The molecular formula is C17H37NO3. The van der Waals surface area contributed by atoms with Crippen molar-refractivity contribution in [2.45, 2.75) is 90.4 Å². The third-order valence-corrected chi connectivity index (χ3v) is 3.76. The first-order valence-corrected chi connectivity index (χ1v) is 8.90. The zero-order chi connectivity index (χ0) is 15.8. The van der Waals surface area contributed by atoms with E-state index < -0.39 is 12.3 Å². The molecule has 0 bridgehead atoms. The molecule has 128 valence electrons. The third kappa shape index (κ3) is 13.2. The van der Waals surface area contributed by atoms with Crippen molar-refractivity contribution < 1.29 is 14.9 Å². The van der Waals surface area contributed by atoms with Crippen molar-refractivity contribution in [2.24, 2.45) is 0 Å². The molecule has 0 fully saturated rings. The summed E-state index contributed by atoms with van der Waals surface area (Å²) in [5.74, 6) is 0. The Bertz CT molecular complexity index is 202. The van der Waals surface area contributed by atoms with E-state index >= 15 is 0 Å². The fourth-order valence-corrected chi connectivity index (χ4v) is 2.44. The van der Waals surface area contributed by atoms with E-state index in [1.807, 2.05) is 6.92 Å². The van der Waals surface area contributed by atoms with Crippen molar-refractivity contribution in [1.82, 2.24) is 5.32 Å². The minimum Gasteiger partial charge on any atom is -0.394 e. The second-order valence-electron chi connectivity index (χ2n) is 5.76. The van der Waals surface area contributed by atoms with Gasteiger partial charge in [-0.05, 0) is 19.9 Å². The number of unbranched alkanes of at least 4 members (excludes halogenated alkanes) is 9. The second kappa shape index (κ2) is 16.2. The summed E-state index contributed by atoms with van der Waals surface area (Å²) in [5, 5.41) is 21.7. The SMILES string of the molecule is CCCCCCCCCCCCNC(OCC)C(O)CO. The molecule has 0 rings (SSSR count). The molecule has 3 N–H and O–H groups in total. The highest BCUT2D eigenvalue weighted by molar-refractivity contribution is 4.65. The summed E-state index contributed by atoms with van der Waals surface area (Å²) >= 11 is 0. The number of hydrogen-bond acceptors (Lipinski definition) is 4. The maximum Gasteiger partial charge on any atom is 0.136 e. The Balaban J connectivity index is 3.33. The number of aliphatic hydroxyl groups excluding tert-OH is 2. The monoisotopic (exact) mass is 303 g/mol. The fraction of sp³-hybridized carbons (Fsp3) is 1.00. The predicted octanol–water partition coefficient (Wildman–Crippen LogP) is 3.21. The standard InChI is InChI=1S/C17H37NO3/c1-3-5-6-7-8-9-10-11-12-13-14-18-17(21-4-2)16(20)15-19/h16-20H,3-15H2,1-2H3. The Labute approximate surface area is 131 Å². The van der Waals surface area contributed by atoms with Crippen molar-refractivity contribution in [3.8, 4) is 0 Å². The molecule has 0 amide bonds. The van der Waals surface area contributed by atoms with Gasteiger partial charge in [0.2, 0.25) is 0 Å². The average molecular weight is 303 g/mol. The van der Waals surface area contributed by atoms with Gasteiger partial charge in [-0.2, -0.15) is 0 Å². The molecule has 0 heterocycles. The molecule has 0 saturated carbocycles. The summed E-state index contributed by atoms with van der Waals surface area (Å²) in [6, 6.07) is 0. The first kappa shape index (κ1) is 20.8. The van der Waals surface area contributed by atoms with Crippen molar-refractivity contribution in [1.29, 1.82) is 0 Å². The highest BCUT2D eigenvalue weighted by atomic mass is 16.5. The molecule has 0 spiro atoms. The van der Waals surface area contributed by atoms with Gasteiger partial charge in [-0.15, -0.1) is 0 Å². The van der Waals surface area contributed by atoms with Gasteiger partial charge in [-0.1, -0.05) is 64.7 Å².